The molecular weight excluding hydrogens is 259 g/mol. The van der Waals surface area contributed by atoms with Crippen molar-refractivity contribution in [2.45, 2.75) is 4.90 Å². The molecular formula is C11H9FN2O3S. The van der Waals surface area contributed by atoms with Crippen LogP contribution >= 0.6 is 0 Å². The van der Waals surface area contributed by atoms with Crippen molar-refractivity contribution in [3.8, 4) is 5.75 Å². The Hall–Kier alpha value is -2.15. The van der Waals surface area contributed by atoms with Crippen LogP contribution in [0, 0.1) is 5.82 Å². The van der Waals surface area contributed by atoms with Crippen LogP contribution in [0.1, 0.15) is 0 Å². The highest BCUT2D eigenvalue weighted by Gasteiger charge is 2.15. The van der Waals surface area contributed by atoms with Crippen molar-refractivity contribution >= 4 is 15.7 Å². The van der Waals surface area contributed by atoms with Crippen LogP contribution < -0.4 is 4.72 Å². The molecule has 0 amide bonds. The van der Waals surface area contributed by atoms with Crippen LogP contribution in [-0.4, -0.2) is 18.5 Å². The zero-order valence-corrected chi connectivity index (χ0v) is 9.86. The topological polar surface area (TPSA) is 79.3 Å². The maximum Gasteiger partial charge on any atom is 0.263 e. The Morgan fingerprint density at radius 3 is 2.67 bits per heavy atom. The van der Waals surface area contributed by atoms with Gasteiger partial charge in [-0.15, -0.1) is 0 Å². The number of aromatic nitrogens is 1. The van der Waals surface area contributed by atoms with Crippen molar-refractivity contribution < 1.29 is 17.9 Å². The van der Waals surface area contributed by atoms with Crippen molar-refractivity contribution in [3.63, 3.8) is 0 Å². The molecule has 0 aliphatic rings. The lowest BCUT2D eigenvalue weighted by Gasteiger charge is -2.07. The maximum absolute atomic E-state index is 12.9. The first kappa shape index (κ1) is 12.3. The normalized spacial score (nSPS) is 11.2. The number of aromatic hydroxyl groups is 1. The van der Waals surface area contributed by atoms with E-state index in [9.17, 15) is 17.9 Å². The molecule has 1 heterocycles. The zero-order valence-electron chi connectivity index (χ0n) is 9.04. The van der Waals surface area contributed by atoms with E-state index >= 15 is 0 Å². The quantitative estimate of drug-likeness (QED) is 0.888. The van der Waals surface area contributed by atoms with Crippen molar-refractivity contribution in [1.82, 2.24) is 4.98 Å². The van der Waals surface area contributed by atoms with Crippen LogP contribution in [0.25, 0.3) is 0 Å². The fourth-order valence-electron chi connectivity index (χ4n) is 1.32. The van der Waals surface area contributed by atoms with Crippen LogP contribution in [0.15, 0.2) is 47.6 Å². The summed E-state index contributed by atoms with van der Waals surface area (Å²) in [5, 5.41) is 9.22. The minimum absolute atomic E-state index is 0.0763. The van der Waals surface area contributed by atoms with Crippen LogP contribution in [0.5, 0.6) is 5.75 Å². The Labute approximate surface area is 103 Å². The second-order valence-electron chi connectivity index (χ2n) is 3.49. The summed E-state index contributed by atoms with van der Waals surface area (Å²) < 4.78 is 38.8. The van der Waals surface area contributed by atoms with Crippen LogP contribution in [0.2, 0.25) is 0 Å². The number of hydrogen-bond acceptors (Lipinski definition) is 4. The lowest BCUT2D eigenvalue weighted by molar-refractivity contribution is 0.475. The molecule has 0 spiro atoms. The molecule has 18 heavy (non-hydrogen) atoms. The molecule has 1 aromatic carbocycles. The molecule has 7 heteroatoms. The standard InChI is InChI=1S/C11H9FN2O3S/c12-8-4-11(7-13-6-8)18(16,17)14-9-2-1-3-10(15)5-9/h1-7,14-15H. The lowest BCUT2D eigenvalue weighted by atomic mass is 10.3. The number of benzene rings is 1. The molecule has 5 nitrogen and oxygen atoms in total. The van der Waals surface area contributed by atoms with Gasteiger partial charge in [0, 0.05) is 12.3 Å². The first-order chi connectivity index (χ1) is 8.47. The average Bonchev–Trinajstić information content (AvgIpc) is 2.28. The summed E-state index contributed by atoms with van der Waals surface area (Å²) in [6.45, 7) is 0. The van der Waals surface area contributed by atoms with E-state index in [2.05, 4.69) is 9.71 Å². The highest BCUT2D eigenvalue weighted by atomic mass is 32.2. The molecule has 0 fully saturated rings. The van der Waals surface area contributed by atoms with Gasteiger partial charge < -0.3 is 5.11 Å². The van der Waals surface area contributed by atoms with Gasteiger partial charge in [-0.05, 0) is 18.2 Å². The number of hydrogen-bond donors (Lipinski definition) is 2. The largest absolute Gasteiger partial charge is 0.508 e. The summed E-state index contributed by atoms with van der Waals surface area (Å²) >= 11 is 0. The third kappa shape index (κ3) is 2.75. The van der Waals surface area contributed by atoms with E-state index in [0.717, 1.165) is 18.5 Å². The molecule has 0 atom stereocenters. The molecule has 2 N–H and O–H groups in total. The summed E-state index contributed by atoms with van der Waals surface area (Å²) in [6, 6.07) is 6.45. The number of pyridine rings is 1. The average molecular weight is 268 g/mol. The molecule has 0 saturated heterocycles. The fraction of sp³-hybridized carbons (Fsp3) is 0. The molecule has 2 rings (SSSR count). The number of nitrogens with one attached hydrogen (secondary N) is 1. The van der Waals surface area contributed by atoms with Gasteiger partial charge in [-0.3, -0.25) is 9.71 Å². The van der Waals surface area contributed by atoms with Gasteiger partial charge >= 0.3 is 0 Å². The number of halogens is 1. The SMILES string of the molecule is O=S(=O)(Nc1cccc(O)c1)c1cncc(F)c1. The lowest BCUT2D eigenvalue weighted by Crippen LogP contribution is -2.13. The number of phenols is 1. The summed E-state index contributed by atoms with van der Waals surface area (Å²) in [5.74, 6) is -0.818. The monoisotopic (exact) mass is 268 g/mol. The van der Waals surface area contributed by atoms with Gasteiger partial charge in [0.1, 0.15) is 16.5 Å². The third-order valence-electron chi connectivity index (χ3n) is 2.09. The third-order valence-corrected chi connectivity index (χ3v) is 3.44. The molecule has 0 aliphatic carbocycles. The second-order valence-corrected chi connectivity index (χ2v) is 5.18. The Kier molecular flexibility index (Phi) is 3.15. The molecule has 0 saturated carbocycles. The van der Waals surface area contributed by atoms with Crippen LogP contribution in [-0.2, 0) is 10.0 Å². The summed E-state index contributed by atoms with van der Waals surface area (Å²) in [6.07, 6.45) is 1.95. The Morgan fingerprint density at radius 2 is 2.00 bits per heavy atom. The highest BCUT2D eigenvalue weighted by Crippen LogP contribution is 2.19. The van der Waals surface area contributed by atoms with E-state index in [0.29, 0.717) is 0 Å². The van der Waals surface area contributed by atoms with E-state index < -0.39 is 15.8 Å². The Bertz CT molecular complexity index is 673. The van der Waals surface area contributed by atoms with Gasteiger partial charge in [-0.2, -0.15) is 0 Å². The van der Waals surface area contributed by atoms with Crippen molar-refractivity contribution in [3.05, 3.63) is 48.5 Å². The summed E-state index contributed by atoms with van der Waals surface area (Å²) in [5.41, 5.74) is 0.180. The molecule has 0 radical (unpaired) electrons. The number of nitrogens with zero attached hydrogens (tertiary/aromatic N) is 1. The molecule has 0 aliphatic heterocycles. The van der Waals surface area contributed by atoms with Gasteiger partial charge in [-0.25, -0.2) is 12.8 Å². The molecule has 0 bridgehead atoms. The first-order valence-corrected chi connectivity index (χ1v) is 6.38. The molecule has 2 aromatic rings. The minimum atomic E-state index is -3.92. The molecule has 94 valence electrons. The van der Waals surface area contributed by atoms with Crippen LogP contribution in [0.3, 0.4) is 0 Å². The van der Waals surface area contributed by atoms with Crippen molar-refractivity contribution in [1.29, 1.82) is 0 Å². The van der Waals surface area contributed by atoms with E-state index in [-0.39, 0.29) is 16.3 Å². The molecule has 1 aromatic heterocycles. The van der Waals surface area contributed by atoms with Crippen molar-refractivity contribution in [2.24, 2.45) is 0 Å². The minimum Gasteiger partial charge on any atom is -0.508 e. The van der Waals surface area contributed by atoms with Crippen LogP contribution in [0.4, 0.5) is 10.1 Å². The summed E-state index contributed by atoms with van der Waals surface area (Å²) in [7, 11) is -3.92. The maximum atomic E-state index is 12.9. The number of sulfonamides is 1. The number of phenolic OH excluding ortho intramolecular Hbond substituents is 1. The predicted molar refractivity (Wildman–Crippen MR) is 63.1 cm³/mol. The Balaban J connectivity index is 2.33. The number of rotatable bonds is 3. The van der Waals surface area contributed by atoms with Gasteiger partial charge in [0.05, 0.1) is 11.9 Å². The van der Waals surface area contributed by atoms with E-state index in [1.165, 1.54) is 24.3 Å². The van der Waals surface area contributed by atoms with E-state index in [4.69, 9.17) is 0 Å². The van der Waals surface area contributed by atoms with E-state index in [1.54, 1.807) is 0 Å². The number of anilines is 1. The second kappa shape index (κ2) is 4.61. The highest BCUT2D eigenvalue weighted by molar-refractivity contribution is 7.92. The zero-order chi connectivity index (χ0) is 13.2. The van der Waals surface area contributed by atoms with Gasteiger partial charge in [0.15, 0.2) is 0 Å². The van der Waals surface area contributed by atoms with E-state index in [1.807, 2.05) is 0 Å². The Morgan fingerprint density at radius 1 is 1.22 bits per heavy atom. The predicted octanol–water partition coefficient (Wildman–Crippen LogP) is 1.73. The van der Waals surface area contributed by atoms with Gasteiger partial charge in [-0.1, -0.05) is 6.07 Å². The summed E-state index contributed by atoms with van der Waals surface area (Å²) in [4.78, 5) is 3.18. The van der Waals surface area contributed by atoms with Gasteiger partial charge in [0.2, 0.25) is 0 Å². The smallest absolute Gasteiger partial charge is 0.263 e. The van der Waals surface area contributed by atoms with Crippen molar-refractivity contribution in [2.75, 3.05) is 4.72 Å². The molecule has 0 unspecified atom stereocenters. The van der Waals surface area contributed by atoms with Gasteiger partial charge in [0.25, 0.3) is 10.0 Å². The fourth-order valence-corrected chi connectivity index (χ4v) is 2.35. The first-order valence-electron chi connectivity index (χ1n) is 4.90.